The van der Waals surface area contributed by atoms with E-state index in [0.29, 0.717) is 5.69 Å². The summed E-state index contributed by atoms with van der Waals surface area (Å²) in [7, 11) is 2.74. The summed E-state index contributed by atoms with van der Waals surface area (Å²) in [6, 6.07) is 10.4. The molecule has 0 aromatic heterocycles. The lowest BCUT2D eigenvalue weighted by Crippen LogP contribution is -2.28. The second kappa shape index (κ2) is 10.6. The van der Waals surface area contributed by atoms with E-state index in [9.17, 15) is 19.5 Å². The predicted molar refractivity (Wildman–Crippen MR) is 125 cm³/mol. The quantitative estimate of drug-likeness (QED) is 0.398. The van der Waals surface area contributed by atoms with Crippen LogP contribution in [0.2, 0.25) is 0 Å². The second-order valence-electron chi connectivity index (χ2n) is 6.93. The van der Waals surface area contributed by atoms with Crippen molar-refractivity contribution in [3.63, 3.8) is 0 Å². The molecule has 0 saturated carbocycles. The Bertz CT molecular complexity index is 1130. The van der Waals surface area contributed by atoms with Gasteiger partial charge in [0, 0.05) is 17.7 Å². The van der Waals surface area contributed by atoms with Gasteiger partial charge in [0.1, 0.15) is 10.8 Å². The number of carbonyl (C=O) groups excluding carboxylic acids is 2. The van der Waals surface area contributed by atoms with E-state index in [1.165, 1.54) is 26.5 Å². The molecule has 2 aromatic carbocycles. The van der Waals surface area contributed by atoms with E-state index >= 15 is 0 Å². The number of aromatic carboxylic acids is 1. The van der Waals surface area contributed by atoms with E-state index in [1.54, 1.807) is 18.2 Å². The van der Waals surface area contributed by atoms with Gasteiger partial charge in [-0.2, -0.15) is 5.10 Å². The van der Waals surface area contributed by atoms with E-state index in [1.807, 2.05) is 19.1 Å². The Hall–Kier alpha value is -3.86. The highest BCUT2D eigenvalue weighted by Gasteiger charge is 2.32. The Morgan fingerprint density at radius 3 is 2.55 bits per heavy atom. The molecule has 1 saturated heterocycles. The fourth-order valence-corrected chi connectivity index (χ4v) is 3.94. The number of amidine groups is 1. The maximum absolute atomic E-state index is 12.3. The first-order chi connectivity index (χ1) is 15.8. The molecule has 33 heavy (non-hydrogen) atoms. The largest absolute Gasteiger partial charge is 0.493 e. The number of nitrogens with one attached hydrogen (secondary N) is 2. The van der Waals surface area contributed by atoms with Crippen LogP contribution in [0.3, 0.4) is 0 Å². The maximum Gasteiger partial charge on any atom is 0.340 e. The SMILES string of the molecule is COc1ccc(/C=N\N=C2/NC(=O)[C@@H](CC(=O)Nc3ccc(C)cc3)S2)c(C(=O)O)c1OC. The first-order valence-corrected chi connectivity index (χ1v) is 10.6. The van der Waals surface area contributed by atoms with Crippen molar-refractivity contribution in [2.75, 3.05) is 19.5 Å². The van der Waals surface area contributed by atoms with Gasteiger partial charge in [0.2, 0.25) is 11.8 Å². The molecular formula is C22H22N4O6S. The number of methoxy groups -OCH3 is 2. The van der Waals surface area contributed by atoms with Crippen molar-refractivity contribution in [2.24, 2.45) is 10.2 Å². The van der Waals surface area contributed by atoms with Gasteiger partial charge in [0.25, 0.3) is 0 Å². The van der Waals surface area contributed by atoms with Gasteiger partial charge in [-0.05, 0) is 31.2 Å². The van der Waals surface area contributed by atoms with Crippen molar-refractivity contribution in [3.05, 3.63) is 53.1 Å². The molecule has 2 aromatic rings. The topological polar surface area (TPSA) is 139 Å². The molecule has 2 amide bonds. The van der Waals surface area contributed by atoms with Crippen LogP contribution in [-0.4, -0.2) is 53.7 Å². The highest BCUT2D eigenvalue weighted by Crippen LogP contribution is 2.33. The van der Waals surface area contributed by atoms with E-state index in [-0.39, 0.29) is 46.0 Å². The number of hydrogen-bond donors (Lipinski definition) is 3. The molecule has 1 heterocycles. The molecule has 3 N–H and O–H groups in total. The molecule has 10 nitrogen and oxygen atoms in total. The zero-order valence-corrected chi connectivity index (χ0v) is 18.9. The van der Waals surface area contributed by atoms with Crippen molar-refractivity contribution in [2.45, 2.75) is 18.6 Å². The third-order valence-electron chi connectivity index (χ3n) is 4.62. The summed E-state index contributed by atoms with van der Waals surface area (Å²) in [4.78, 5) is 36.2. The summed E-state index contributed by atoms with van der Waals surface area (Å²) in [6.07, 6.45) is 1.20. The van der Waals surface area contributed by atoms with Crippen LogP contribution in [0.1, 0.15) is 27.9 Å². The number of thioether (sulfide) groups is 1. The molecule has 1 aliphatic rings. The number of carboxylic acid groups (broad SMARTS) is 1. The van der Waals surface area contributed by atoms with Crippen molar-refractivity contribution < 1.29 is 29.0 Å². The van der Waals surface area contributed by atoms with Crippen molar-refractivity contribution in [1.82, 2.24) is 5.32 Å². The van der Waals surface area contributed by atoms with Gasteiger partial charge in [-0.25, -0.2) is 4.79 Å². The fraction of sp³-hybridized carbons (Fsp3) is 0.227. The van der Waals surface area contributed by atoms with Crippen LogP contribution in [0.5, 0.6) is 11.5 Å². The molecule has 0 spiro atoms. The Kier molecular flexibility index (Phi) is 7.67. The second-order valence-corrected chi connectivity index (χ2v) is 8.13. The number of amides is 2. The molecule has 0 unspecified atom stereocenters. The Morgan fingerprint density at radius 1 is 1.18 bits per heavy atom. The third kappa shape index (κ3) is 5.89. The molecule has 11 heteroatoms. The molecule has 3 rings (SSSR count). The van der Waals surface area contributed by atoms with Crippen LogP contribution in [0.25, 0.3) is 0 Å². The molecule has 1 fully saturated rings. The fourth-order valence-electron chi connectivity index (χ4n) is 3.02. The summed E-state index contributed by atoms with van der Waals surface area (Å²) < 4.78 is 10.3. The van der Waals surface area contributed by atoms with Gasteiger partial charge in [0.05, 0.1) is 20.4 Å². The number of aryl methyl sites for hydroxylation is 1. The minimum atomic E-state index is -1.22. The Labute approximate surface area is 194 Å². The average Bonchev–Trinajstić information content (AvgIpc) is 3.13. The summed E-state index contributed by atoms with van der Waals surface area (Å²) in [6.45, 7) is 1.95. The zero-order chi connectivity index (χ0) is 24.0. The summed E-state index contributed by atoms with van der Waals surface area (Å²) >= 11 is 1.07. The van der Waals surface area contributed by atoms with Gasteiger partial charge >= 0.3 is 5.97 Å². The monoisotopic (exact) mass is 470 g/mol. The molecule has 0 aliphatic carbocycles. The molecule has 0 bridgehead atoms. The highest BCUT2D eigenvalue weighted by atomic mass is 32.2. The van der Waals surface area contributed by atoms with Crippen LogP contribution in [0.15, 0.2) is 46.6 Å². The number of nitrogens with zero attached hydrogens (tertiary/aromatic N) is 2. The summed E-state index contributed by atoms with van der Waals surface area (Å²) in [5.41, 5.74) is 1.84. The summed E-state index contributed by atoms with van der Waals surface area (Å²) in [5.74, 6) is -1.55. The first-order valence-electron chi connectivity index (χ1n) is 9.75. The van der Waals surface area contributed by atoms with Crippen LogP contribution < -0.4 is 20.1 Å². The van der Waals surface area contributed by atoms with Gasteiger partial charge in [-0.15, -0.1) is 5.10 Å². The van der Waals surface area contributed by atoms with Gasteiger partial charge < -0.3 is 25.2 Å². The lowest BCUT2D eigenvalue weighted by Gasteiger charge is -2.11. The average molecular weight is 471 g/mol. The van der Waals surface area contributed by atoms with Crippen molar-refractivity contribution in [3.8, 4) is 11.5 Å². The number of rotatable bonds is 8. The molecule has 0 radical (unpaired) electrons. The number of benzene rings is 2. The van der Waals surface area contributed by atoms with E-state index < -0.39 is 11.2 Å². The standard InChI is InChI=1S/C22H22N4O6S/c1-12-4-7-14(8-5-12)24-17(27)10-16-20(28)25-22(33-16)26-23-11-13-6-9-15(31-2)19(32-3)18(13)21(29)30/h4-9,11,16H,10H2,1-3H3,(H,24,27)(H,29,30)(H,25,26,28)/b23-11-/t16-/m1/s1. The predicted octanol–water partition coefficient (Wildman–Crippen LogP) is 2.66. The smallest absolute Gasteiger partial charge is 0.340 e. The normalized spacial score (nSPS) is 16.6. The minimum absolute atomic E-state index is 0.0358. The number of carbonyl (C=O) groups is 3. The lowest BCUT2D eigenvalue weighted by molar-refractivity contribution is -0.122. The molecule has 1 aliphatic heterocycles. The molecule has 1 atom stereocenters. The van der Waals surface area contributed by atoms with Crippen LogP contribution in [0, 0.1) is 6.92 Å². The van der Waals surface area contributed by atoms with E-state index in [2.05, 4.69) is 20.8 Å². The van der Waals surface area contributed by atoms with Gasteiger partial charge in [-0.3, -0.25) is 9.59 Å². The van der Waals surface area contributed by atoms with Gasteiger partial charge in [0.15, 0.2) is 16.7 Å². The maximum atomic E-state index is 12.3. The number of anilines is 1. The van der Waals surface area contributed by atoms with E-state index in [0.717, 1.165) is 17.3 Å². The van der Waals surface area contributed by atoms with Gasteiger partial charge in [-0.1, -0.05) is 29.5 Å². The van der Waals surface area contributed by atoms with Crippen molar-refractivity contribution in [1.29, 1.82) is 0 Å². The van der Waals surface area contributed by atoms with Crippen LogP contribution in [-0.2, 0) is 9.59 Å². The number of carboxylic acids is 1. The third-order valence-corrected chi connectivity index (χ3v) is 5.69. The Morgan fingerprint density at radius 2 is 1.91 bits per heavy atom. The Balaban J connectivity index is 1.67. The van der Waals surface area contributed by atoms with E-state index in [4.69, 9.17) is 9.47 Å². The number of ether oxygens (including phenoxy) is 2. The minimum Gasteiger partial charge on any atom is -0.493 e. The van der Waals surface area contributed by atoms with Crippen LogP contribution in [0.4, 0.5) is 5.69 Å². The number of hydrogen-bond acceptors (Lipinski definition) is 8. The van der Waals surface area contributed by atoms with Crippen LogP contribution >= 0.6 is 11.8 Å². The van der Waals surface area contributed by atoms with Crippen molar-refractivity contribution >= 4 is 46.6 Å². The first kappa shape index (κ1) is 23.8. The zero-order valence-electron chi connectivity index (χ0n) is 18.1. The highest BCUT2D eigenvalue weighted by molar-refractivity contribution is 8.15. The summed E-state index contributed by atoms with van der Waals surface area (Å²) in [5, 5.41) is 22.3. The molecule has 172 valence electrons. The molecular weight excluding hydrogens is 448 g/mol. The lowest BCUT2D eigenvalue weighted by atomic mass is 10.1.